The maximum Gasteiger partial charge on any atom is 0.307 e. The number of rotatable bonds is 4. The van der Waals surface area contributed by atoms with Gasteiger partial charge >= 0.3 is 5.97 Å². The lowest BCUT2D eigenvalue weighted by Crippen LogP contribution is -2.03. The number of aromatic nitrogens is 1. The van der Waals surface area contributed by atoms with E-state index >= 15 is 0 Å². The molecule has 0 radical (unpaired) electrons. The highest BCUT2D eigenvalue weighted by molar-refractivity contribution is 5.81. The third-order valence-corrected chi connectivity index (χ3v) is 3.74. The molecular formula is C18H17NO2. The third kappa shape index (κ3) is 2.82. The molecule has 3 rings (SSSR count). The summed E-state index contributed by atoms with van der Waals surface area (Å²) in [5, 5.41) is 10.0. The number of carbonyl (C=O) groups is 1. The number of nitrogens with zero attached hydrogens (tertiary/aromatic N) is 1. The predicted molar refractivity (Wildman–Crippen MR) is 83.6 cm³/mol. The van der Waals surface area contributed by atoms with Gasteiger partial charge in [-0.25, -0.2) is 0 Å². The van der Waals surface area contributed by atoms with Gasteiger partial charge in [0.2, 0.25) is 0 Å². The summed E-state index contributed by atoms with van der Waals surface area (Å²) >= 11 is 0. The van der Waals surface area contributed by atoms with Gasteiger partial charge in [0, 0.05) is 17.8 Å². The highest BCUT2D eigenvalue weighted by atomic mass is 16.4. The van der Waals surface area contributed by atoms with Crippen LogP contribution in [0, 0.1) is 6.92 Å². The quantitative estimate of drug-likeness (QED) is 0.792. The van der Waals surface area contributed by atoms with Crippen LogP contribution < -0.4 is 0 Å². The fourth-order valence-electron chi connectivity index (χ4n) is 2.68. The standard InChI is InChI=1S/C18H17NO2/c1-13-10-16-4-2-3-5-17(16)19(13)12-15-8-6-14(7-9-15)11-18(20)21/h2-10H,11-12H2,1H3,(H,20,21). The van der Waals surface area contributed by atoms with Crippen molar-refractivity contribution >= 4 is 16.9 Å². The number of carboxylic acid groups (broad SMARTS) is 1. The highest BCUT2D eigenvalue weighted by Crippen LogP contribution is 2.20. The van der Waals surface area contributed by atoms with E-state index in [1.807, 2.05) is 36.4 Å². The van der Waals surface area contributed by atoms with Gasteiger partial charge in [0.15, 0.2) is 0 Å². The van der Waals surface area contributed by atoms with Crippen molar-refractivity contribution in [3.05, 3.63) is 71.4 Å². The summed E-state index contributed by atoms with van der Waals surface area (Å²) < 4.78 is 2.28. The van der Waals surface area contributed by atoms with Crippen molar-refractivity contribution < 1.29 is 9.90 Å². The SMILES string of the molecule is Cc1cc2ccccc2n1Cc1ccc(CC(=O)O)cc1. The molecule has 3 aromatic rings. The largest absolute Gasteiger partial charge is 0.481 e. The van der Waals surface area contributed by atoms with Crippen molar-refractivity contribution in [2.45, 2.75) is 19.9 Å². The van der Waals surface area contributed by atoms with Crippen LogP contribution in [0.4, 0.5) is 0 Å². The summed E-state index contributed by atoms with van der Waals surface area (Å²) in [6, 6.07) is 18.3. The van der Waals surface area contributed by atoms with Gasteiger partial charge in [0.05, 0.1) is 6.42 Å². The van der Waals surface area contributed by atoms with Gasteiger partial charge in [-0.15, -0.1) is 0 Å². The average Bonchev–Trinajstić information content (AvgIpc) is 2.77. The van der Waals surface area contributed by atoms with E-state index in [0.717, 1.165) is 12.1 Å². The maximum absolute atomic E-state index is 10.7. The first kappa shape index (κ1) is 13.4. The number of hydrogen-bond acceptors (Lipinski definition) is 1. The first-order valence-electron chi connectivity index (χ1n) is 6.98. The van der Waals surface area contributed by atoms with E-state index in [2.05, 4.69) is 29.7 Å². The fourth-order valence-corrected chi connectivity index (χ4v) is 2.68. The van der Waals surface area contributed by atoms with Crippen molar-refractivity contribution in [3.63, 3.8) is 0 Å². The Morgan fingerprint density at radius 3 is 2.43 bits per heavy atom. The molecular weight excluding hydrogens is 262 g/mol. The summed E-state index contributed by atoms with van der Waals surface area (Å²) in [4.78, 5) is 10.7. The molecule has 1 heterocycles. The monoisotopic (exact) mass is 279 g/mol. The second-order valence-corrected chi connectivity index (χ2v) is 5.32. The van der Waals surface area contributed by atoms with Crippen LogP contribution >= 0.6 is 0 Å². The van der Waals surface area contributed by atoms with Gasteiger partial charge in [0.1, 0.15) is 0 Å². The smallest absolute Gasteiger partial charge is 0.307 e. The zero-order chi connectivity index (χ0) is 14.8. The molecule has 0 unspecified atom stereocenters. The molecule has 106 valence electrons. The van der Waals surface area contributed by atoms with Crippen LogP contribution in [-0.2, 0) is 17.8 Å². The van der Waals surface area contributed by atoms with Crippen LogP contribution in [0.3, 0.4) is 0 Å². The number of para-hydroxylation sites is 1. The Morgan fingerprint density at radius 2 is 1.71 bits per heavy atom. The van der Waals surface area contributed by atoms with Crippen LogP contribution in [0.5, 0.6) is 0 Å². The Kier molecular flexibility index (Phi) is 3.48. The Hall–Kier alpha value is -2.55. The van der Waals surface area contributed by atoms with Crippen molar-refractivity contribution in [1.29, 1.82) is 0 Å². The first-order valence-corrected chi connectivity index (χ1v) is 6.98. The minimum absolute atomic E-state index is 0.0752. The Balaban J connectivity index is 1.88. The molecule has 1 aromatic heterocycles. The summed E-state index contributed by atoms with van der Waals surface area (Å²) in [5.41, 5.74) is 4.46. The molecule has 0 fully saturated rings. The molecule has 0 saturated heterocycles. The molecule has 0 aliphatic heterocycles. The summed E-state index contributed by atoms with van der Waals surface area (Å²) in [5.74, 6) is -0.796. The molecule has 0 saturated carbocycles. The second kappa shape index (κ2) is 5.44. The molecule has 0 amide bonds. The molecule has 3 nitrogen and oxygen atoms in total. The Bertz CT molecular complexity index is 785. The van der Waals surface area contributed by atoms with Gasteiger partial charge < -0.3 is 9.67 Å². The number of benzene rings is 2. The minimum Gasteiger partial charge on any atom is -0.481 e. The average molecular weight is 279 g/mol. The summed E-state index contributed by atoms with van der Waals surface area (Å²) in [6.07, 6.45) is 0.0752. The molecule has 0 spiro atoms. The van der Waals surface area contributed by atoms with Crippen LogP contribution in [0.25, 0.3) is 10.9 Å². The lowest BCUT2D eigenvalue weighted by molar-refractivity contribution is -0.136. The van der Waals surface area contributed by atoms with Gasteiger partial charge in [-0.3, -0.25) is 4.79 Å². The van der Waals surface area contributed by atoms with Crippen molar-refractivity contribution in [1.82, 2.24) is 4.57 Å². The third-order valence-electron chi connectivity index (χ3n) is 3.74. The zero-order valence-electron chi connectivity index (χ0n) is 11.9. The van der Waals surface area contributed by atoms with Crippen LogP contribution in [0.15, 0.2) is 54.6 Å². The molecule has 0 bridgehead atoms. The second-order valence-electron chi connectivity index (χ2n) is 5.32. The van der Waals surface area contributed by atoms with E-state index in [9.17, 15) is 4.79 Å². The molecule has 0 atom stereocenters. The number of aryl methyl sites for hydroxylation is 1. The van der Waals surface area contributed by atoms with E-state index in [1.165, 1.54) is 22.2 Å². The highest BCUT2D eigenvalue weighted by Gasteiger charge is 2.06. The molecule has 21 heavy (non-hydrogen) atoms. The van der Waals surface area contributed by atoms with Gasteiger partial charge in [-0.2, -0.15) is 0 Å². The van der Waals surface area contributed by atoms with Gasteiger partial charge in [-0.1, -0.05) is 42.5 Å². The Labute approximate surface area is 123 Å². The lowest BCUT2D eigenvalue weighted by atomic mass is 10.1. The fraction of sp³-hybridized carbons (Fsp3) is 0.167. The van der Waals surface area contributed by atoms with Gasteiger partial charge in [-0.05, 0) is 35.6 Å². The number of hydrogen-bond donors (Lipinski definition) is 1. The molecule has 1 N–H and O–H groups in total. The molecule has 2 aromatic carbocycles. The van der Waals surface area contributed by atoms with E-state index < -0.39 is 5.97 Å². The van der Waals surface area contributed by atoms with Crippen LogP contribution in [0.2, 0.25) is 0 Å². The number of fused-ring (bicyclic) bond motifs is 1. The molecule has 3 heteroatoms. The normalized spacial score (nSPS) is 10.9. The Morgan fingerprint density at radius 1 is 1.05 bits per heavy atom. The molecule has 0 aliphatic rings. The number of carboxylic acids is 1. The lowest BCUT2D eigenvalue weighted by Gasteiger charge is -2.09. The predicted octanol–water partition coefficient (Wildman–Crippen LogP) is 3.63. The van der Waals surface area contributed by atoms with E-state index in [4.69, 9.17) is 5.11 Å². The van der Waals surface area contributed by atoms with Crippen molar-refractivity contribution in [2.75, 3.05) is 0 Å². The summed E-state index contributed by atoms with van der Waals surface area (Å²) in [6.45, 7) is 2.91. The first-order chi connectivity index (χ1) is 10.1. The summed E-state index contributed by atoms with van der Waals surface area (Å²) in [7, 11) is 0. The maximum atomic E-state index is 10.7. The van der Waals surface area contributed by atoms with E-state index in [0.29, 0.717) is 0 Å². The number of aliphatic carboxylic acids is 1. The van der Waals surface area contributed by atoms with E-state index in [-0.39, 0.29) is 6.42 Å². The topological polar surface area (TPSA) is 42.2 Å². The van der Waals surface area contributed by atoms with Crippen LogP contribution in [-0.4, -0.2) is 15.6 Å². The minimum atomic E-state index is -0.796. The van der Waals surface area contributed by atoms with Crippen molar-refractivity contribution in [3.8, 4) is 0 Å². The van der Waals surface area contributed by atoms with Gasteiger partial charge in [0.25, 0.3) is 0 Å². The van der Waals surface area contributed by atoms with E-state index in [1.54, 1.807) is 0 Å². The van der Waals surface area contributed by atoms with Crippen molar-refractivity contribution in [2.24, 2.45) is 0 Å². The molecule has 0 aliphatic carbocycles. The zero-order valence-corrected chi connectivity index (χ0v) is 11.9. The van der Waals surface area contributed by atoms with Crippen LogP contribution in [0.1, 0.15) is 16.8 Å².